The predicted octanol–water partition coefficient (Wildman–Crippen LogP) is 8.61. The molecule has 0 unspecified atom stereocenters. The largest absolute Gasteiger partial charge is 0.308 e. The summed E-state index contributed by atoms with van der Waals surface area (Å²) < 4.78 is 2.40. The number of para-hydroxylation sites is 1. The second-order valence-corrected chi connectivity index (χ2v) is 9.77. The summed E-state index contributed by atoms with van der Waals surface area (Å²) in [6, 6.07) is 36.5. The molecule has 0 saturated heterocycles. The van der Waals surface area contributed by atoms with Crippen molar-refractivity contribution in [3.8, 4) is 27.9 Å². The summed E-state index contributed by atoms with van der Waals surface area (Å²) in [5.74, 6) is 0. The molecular weight excluding hydrogens is 476 g/mol. The van der Waals surface area contributed by atoms with Crippen molar-refractivity contribution in [1.82, 2.24) is 19.5 Å². The Balaban J connectivity index is 1.57. The van der Waals surface area contributed by atoms with E-state index in [0.29, 0.717) is 0 Å². The third kappa shape index (κ3) is 3.35. The summed E-state index contributed by atoms with van der Waals surface area (Å²) in [7, 11) is 0. The highest BCUT2D eigenvalue weighted by molar-refractivity contribution is 6.31. The van der Waals surface area contributed by atoms with Crippen LogP contribution in [0, 0.1) is 0 Å². The fourth-order valence-corrected chi connectivity index (χ4v) is 5.90. The molecule has 0 saturated carbocycles. The molecule has 8 aromatic rings. The number of benzene rings is 4. The molecule has 4 nitrogen and oxygen atoms in total. The second-order valence-electron chi connectivity index (χ2n) is 9.77. The Bertz CT molecular complexity index is 2110. The highest BCUT2D eigenvalue weighted by Gasteiger charge is 2.20. The van der Waals surface area contributed by atoms with E-state index in [1.807, 2.05) is 49.2 Å². The lowest BCUT2D eigenvalue weighted by Gasteiger charge is -2.15. The van der Waals surface area contributed by atoms with Gasteiger partial charge in [0.15, 0.2) is 0 Å². The molecule has 4 heteroatoms. The maximum Gasteiger partial charge on any atom is 0.0801 e. The summed E-state index contributed by atoms with van der Waals surface area (Å²) in [6.45, 7) is 0. The minimum atomic E-state index is 1.01. The number of hydrogen-bond donors (Lipinski definition) is 0. The molecule has 0 amide bonds. The highest BCUT2D eigenvalue weighted by atomic mass is 15.0. The fourth-order valence-electron chi connectivity index (χ4n) is 5.90. The normalized spacial score (nSPS) is 11.6. The Morgan fingerprint density at radius 1 is 0.487 bits per heavy atom. The van der Waals surface area contributed by atoms with Crippen LogP contribution in [-0.2, 0) is 0 Å². The number of aromatic nitrogens is 4. The average Bonchev–Trinajstić information content (AvgIpc) is 3.38. The molecule has 0 spiro atoms. The zero-order valence-electron chi connectivity index (χ0n) is 21.0. The topological polar surface area (TPSA) is 43.6 Å². The zero-order valence-corrected chi connectivity index (χ0v) is 21.0. The van der Waals surface area contributed by atoms with Crippen LogP contribution in [0.3, 0.4) is 0 Å². The summed E-state index contributed by atoms with van der Waals surface area (Å²) in [6.07, 6.45) is 9.35. The van der Waals surface area contributed by atoms with Crippen molar-refractivity contribution < 1.29 is 0 Å². The molecular formula is C35H22N4. The van der Waals surface area contributed by atoms with Gasteiger partial charge in [0.1, 0.15) is 0 Å². The highest BCUT2D eigenvalue weighted by Crippen LogP contribution is 2.42. The van der Waals surface area contributed by atoms with Gasteiger partial charge in [0.05, 0.1) is 16.6 Å². The Morgan fingerprint density at radius 3 is 1.79 bits per heavy atom. The van der Waals surface area contributed by atoms with Crippen molar-refractivity contribution in [3.05, 3.63) is 134 Å². The number of fused-ring (bicyclic) bond motifs is 8. The van der Waals surface area contributed by atoms with Gasteiger partial charge in [-0.3, -0.25) is 15.0 Å². The predicted molar refractivity (Wildman–Crippen MR) is 160 cm³/mol. The molecule has 4 heterocycles. The van der Waals surface area contributed by atoms with Gasteiger partial charge in [0.25, 0.3) is 0 Å². The fraction of sp³-hybridized carbons (Fsp3) is 0. The minimum Gasteiger partial charge on any atom is -0.308 e. The Morgan fingerprint density at radius 2 is 1.10 bits per heavy atom. The third-order valence-corrected chi connectivity index (χ3v) is 7.55. The molecule has 0 N–H and O–H groups in total. The molecule has 8 rings (SSSR count). The molecule has 0 aliphatic rings. The molecule has 0 aliphatic heterocycles. The van der Waals surface area contributed by atoms with Gasteiger partial charge in [-0.25, -0.2) is 0 Å². The summed E-state index contributed by atoms with van der Waals surface area (Å²) in [5.41, 5.74) is 8.78. The first-order valence-corrected chi connectivity index (χ1v) is 13.0. The first-order valence-electron chi connectivity index (χ1n) is 13.0. The van der Waals surface area contributed by atoms with E-state index < -0.39 is 0 Å². The van der Waals surface area contributed by atoms with Crippen LogP contribution in [0.5, 0.6) is 0 Å². The van der Waals surface area contributed by atoms with Gasteiger partial charge < -0.3 is 4.57 Å². The molecule has 0 bridgehead atoms. The summed E-state index contributed by atoms with van der Waals surface area (Å²) in [4.78, 5) is 13.7. The minimum absolute atomic E-state index is 1.01. The molecule has 0 radical (unpaired) electrons. The molecule has 0 fully saturated rings. The SMILES string of the molecule is c1cncc(-c2cc(-c3cccnc3)cc(-n3c4ccccc4c4c5ccccc5c5ncccc5c43)c2)c1. The molecule has 0 aliphatic carbocycles. The maximum absolute atomic E-state index is 4.86. The maximum atomic E-state index is 4.86. The van der Waals surface area contributed by atoms with Gasteiger partial charge in [0, 0.05) is 69.3 Å². The number of pyridine rings is 3. The third-order valence-electron chi connectivity index (χ3n) is 7.55. The summed E-state index contributed by atoms with van der Waals surface area (Å²) >= 11 is 0. The van der Waals surface area contributed by atoms with Crippen LogP contribution in [0.1, 0.15) is 0 Å². The smallest absolute Gasteiger partial charge is 0.0801 e. The van der Waals surface area contributed by atoms with E-state index in [4.69, 9.17) is 4.98 Å². The van der Waals surface area contributed by atoms with Crippen molar-refractivity contribution in [2.24, 2.45) is 0 Å². The van der Waals surface area contributed by atoms with Crippen LogP contribution in [0.15, 0.2) is 134 Å². The first-order chi connectivity index (χ1) is 19.4. The van der Waals surface area contributed by atoms with E-state index in [0.717, 1.165) is 44.4 Å². The lowest BCUT2D eigenvalue weighted by atomic mass is 9.99. The Labute approximate surface area is 224 Å². The van der Waals surface area contributed by atoms with Crippen LogP contribution in [-0.4, -0.2) is 19.5 Å². The van der Waals surface area contributed by atoms with E-state index in [1.54, 1.807) is 0 Å². The molecule has 39 heavy (non-hydrogen) atoms. The van der Waals surface area contributed by atoms with Crippen LogP contribution < -0.4 is 0 Å². The van der Waals surface area contributed by atoms with Crippen molar-refractivity contribution in [2.75, 3.05) is 0 Å². The average molecular weight is 499 g/mol. The van der Waals surface area contributed by atoms with Crippen molar-refractivity contribution in [1.29, 1.82) is 0 Å². The first kappa shape index (κ1) is 21.7. The summed E-state index contributed by atoms with van der Waals surface area (Å²) in [5, 5.41) is 5.99. The molecule has 182 valence electrons. The van der Waals surface area contributed by atoms with Gasteiger partial charge in [-0.15, -0.1) is 0 Å². The lowest BCUT2D eigenvalue weighted by Crippen LogP contribution is -1.97. The molecule has 4 aromatic heterocycles. The van der Waals surface area contributed by atoms with E-state index >= 15 is 0 Å². The van der Waals surface area contributed by atoms with Crippen LogP contribution in [0.2, 0.25) is 0 Å². The monoisotopic (exact) mass is 498 g/mol. The van der Waals surface area contributed by atoms with Crippen LogP contribution in [0.4, 0.5) is 0 Å². The number of rotatable bonds is 3. The lowest BCUT2D eigenvalue weighted by molar-refractivity contribution is 1.18. The quantitative estimate of drug-likeness (QED) is 0.229. The number of hydrogen-bond acceptors (Lipinski definition) is 3. The Hall–Kier alpha value is -5.35. The van der Waals surface area contributed by atoms with Gasteiger partial charge in [-0.05, 0) is 65.0 Å². The van der Waals surface area contributed by atoms with Crippen LogP contribution >= 0.6 is 0 Å². The van der Waals surface area contributed by atoms with Crippen molar-refractivity contribution >= 4 is 43.5 Å². The van der Waals surface area contributed by atoms with Gasteiger partial charge in [-0.2, -0.15) is 0 Å². The Kier molecular flexibility index (Phi) is 4.79. The van der Waals surface area contributed by atoms with E-state index in [1.165, 1.54) is 27.1 Å². The van der Waals surface area contributed by atoms with E-state index in [9.17, 15) is 0 Å². The molecule has 0 atom stereocenters. The van der Waals surface area contributed by atoms with E-state index in [2.05, 4.69) is 99.5 Å². The van der Waals surface area contributed by atoms with Gasteiger partial charge in [-0.1, -0.05) is 54.6 Å². The second kappa shape index (κ2) is 8.61. The zero-order chi connectivity index (χ0) is 25.8. The van der Waals surface area contributed by atoms with Gasteiger partial charge in [0.2, 0.25) is 0 Å². The number of nitrogens with zero attached hydrogens (tertiary/aromatic N) is 4. The van der Waals surface area contributed by atoms with Crippen molar-refractivity contribution in [2.45, 2.75) is 0 Å². The van der Waals surface area contributed by atoms with Gasteiger partial charge >= 0.3 is 0 Å². The van der Waals surface area contributed by atoms with Crippen LogP contribution in [0.25, 0.3) is 71.4 Å². The van der Waals surface area contributed by atoms with Crippen molar-refractivity contribution in [3.63, 3.8) is 0 Å². The molecule has 4 aromatic carbocycles. The standard InChI is InChI=1S/C35H22N4/c1-2-11-29-28(10-1)33-30-12-3-4-14-32(30)39(35(33)31-13-7-17-38-34(29)31)27-19-25(23-8-5-15-36-21-23)18-26(20-27)24-9-6-16-37-22-24/h1-22H. The van der Waals surface area contributed by atoms with E-state index in [-0.39, 0.29) is 0 Å².